The van der Waals surface area contributed by atoms with Crippen molar-refractivity contribution < 1.29 is 23.1 Å². The standard InChI is InChI=1S/C21H28N2O5S/c1-15(2)20(24)23-17-7-11-19(12-8-17)29(26,27)22-14-21(3,25)13-16-5-9-18(28-4)10-6-16/h5-12,15,22,25H,13-14H2,1-4H3,(H,23,24)/t21-/m1/s1. The van der Waals surface area contributed by atoms with E-state index in [4.69, 9.17) is 4.74 Å². The first-order chi connectivity index (χ1) is 13.5. The van der Waals surface area contributed by atoms with Crippen molar-refractivity contribution >= 4 is 21.6 Å². The predicted molar refractivity (Wildman–Crippen MR) is 112 cm³/mol. The Hall–Kier alpha value is -2.42. The number of ether oxygens (including phenoxy) is 1. The first-order valence-corrected chi connectivity index (χ1v) is 10.8. The molecule has 29 heavy (non-hydrogen) atoms. The lowest BCUT2D eigenvalue weighted by Gasteiger charge is -2.24. The number of amides is 1. The summed E-state index contributed by atoms with van der Waals surface area (Å²) in [6.07, 6.45) is 0.277. The summed E-state index contributed by atoms with van der Waals surface area (Å²) < 4.78 is 32.6. The number of methoxy groups -OCH3 is 1. The third kappa shape index (κ3) is 6.85. The number of nitrogens with one attached hydrogen (secondary N) is 2. The molecule has 7 nitrogen and oxygen atoms in total. The molecule has 158 valence electrons. The van der Waals surface area contributed by atoms with Crippen LogP contribution in [-0.2, 0) is 21.2 Å². The Labute approximate surface area is 172 Å². The van der Waals surface area contributed by atoms with Gasteiger partial charge in [0.25, 0.3) is 0 Å². The average Bonchev–Trinajstić information content (AvgIpc) is 2.67. The van der Waals surface area contributed by atoms with E-state index in [0.29, 0.717) is 11.4 Å². The van der Waals surface area contributed by atoms with Crippen LogP contribution in [0, 0.1) is 5.92 Å². The number of anilines is 1. The van der Waals surface area contributed by atoms with Crippen LogP contribution in [0.1, 0.15) is 26.3 Å². The Kier molecular flexibility index (Phi) is 7.40. The molecule has 3 N–H and O–H groups in total. The number of hydrogen-bond donors (Lipinski definition) is 3. The highest BCUT2D eigenvalue weighted by atomic mass is 32.2. The van der Waals surface area contributed by atoms with Crippen molar-refractivity contribution in [3.8, 4) is 5.75 Å². The van der Waals surface area contributed by atoms with E-state index in [-0.39, 0.29) is 29.7 Å². The van der Waals surface area contributed by atoms with Crippen LogP contribution in [0.5, 0.6) is 5.75 Å². The van der Waals surface area contributed by atoms with Crippen molar-refractivity contribution in [2.24, 2.45) is 5.92 Å². The van der Waals surface area contributed by atoms with Gasteiger partial charge in [-0.15, -0.1) is 0 Å². The normalized spacial score (nSPS) is 13.7. The molecule has 8 heteroatoms. The summed E-state index contributed by atoms with van der Waals surface area (Å²) in [5.74, 6) is 0.392. The second-order valence-electron chi connectivity index (χ2n) is 7.51. The van der Waals surface area contributed by atoms with Crippen molar-refractivity contribution in [1.82, 2.24) is 4.72 Å². The summed E-state index contributed by atoms with van der Waals surface area (Å²) in [6.45, 7) is 4.98. The van der Waals surface area contributed by atoms with Crippen LogP contribution in [0.15, 0.2) is 53.4 Å². The van der Waals surface area contributed by atoms with Gasteiger partial charge in [0.1, 0.15) is 5.75 Å². The van der Waals surface area contributed by atoms with Crippen LogP contribution in [0.3, 0.4) is 0 Å². The van der Waals surface area contributed by atoms with E-state index in [1.165, 1.54) is 24.3 Å². The fraction of sp³-hybridized carbons (Fsp3) is 0.381. The fourth-order valence-corrected chi connectivity index (χ4v) is 3.75. The third-order valence-electron chi connectivity index (χ3n) is 4.34. The second kappa shape index (κ2) is 9.39. The zero-order chi connectivity index (χ0) is 21.7. The summed E-state index contributed by atoms with van der Waals surface area (Å²) in [5, 5.41) is 13.3. The van der Waals surface area contributed by atoms with Crippen molar-refractivity contribution in [2.45, 2.75) is 37.7 Å². The molecule has 0 aliphatic heterocycles. The summed E-state index contributed by atoms with van der Waals surface area (Å²) >= 11 is 0. The molecule has 1 atom stereocenters. The van der Waals surface area contributed by atoms with Crippen molar-refractivity contribution in [2.75, 3.05) is 19.0 Å². The third-order valence-corrected chi connectivity index (χ3v) is 5.76. The molecule has 0 fully saturated rings. The summed E-state index contributed by atoms with van der Waals surface area (Å²) in [6, 6.07) is 13.1. The molecule has 0 bridgehead atoms. The van der Waals surface area contributed by atoms with Crippen LogP contribution < -0.4 is 14.8 Å². The Bertz CT molecular complexity index is 921. The minimum atomic E-state index is -3.80. The number of carbonyl (C=O) groups is 1. The van der Waals surface area contributed by atoms with E-state index in [9.17, 15) is 18.3 Å². The van der Waals surface area contributed by atoms with Crippen LogP contribution in [0.2, 0.25) is 0 Å². The molecule has 2 aromatic rings. The van der Waals surface area contributed by atoms with Gasteiger partial charge >= 0.3 is 0 Å². The van der Waals surface area contributed by atoms with Crippen LogP contribution in [-0.4, -0.2) is 38.7 Å². The zero-order valence-corrected chi connectivity index (χ0v) is 17.9. The van der Waals surface area contributed by atoms with Crippen LogP contribution in [0.4, 0.5) is 5.69 Å². The van der Waals surface area contributed by atoms with Crippen LogP contribution >= 0.6 is 0 Å². The Balaban J connectivity index is 1.99. The van der Waals surface area contributed by atoms with Gasteiger partial charge in [-0.2, -0.15) is 0 Å². The molecule has 0 saturated heterocycles. The van der Waals surface area contributed by atoms with E-state index >= 15 is 0 Å². The van der Waals surface area contributed by atoms with Gasteiger partial charge in [-0.1, -0.05) is 26.0 Å². The molecule has 0 aliphatic rings. The van der Waals surface area contributed by atoms with Gasteiger partial charge in [-0.05, 0) is 48.9 Å². The molecule has 1 amide bonds. The molecule has 0 radical (unpaired) electrons. The molecular formula is C21H28N2O5S. The smallest absolute Gasteiger partial charge is 0.240 e. The first kappa shape index (κ1) is 22.9. The highest BCUT2D eigenvalue weighted by molar-refractivity contribution is 7.89. The number of benzene rings is 2. The number of rotatable bonds is 9. The highest BCUT2D eigenvalue weighted by Gasteiger charge is 2.25. The second-order valence-corrected chi connectivity index (χ2v) is 9.28. The first-order valence-electron chi connectivity index (χ1n) is 9.28. The topological polar surface area (TPSA) is 105 Å². The minimum Gasteiger partial charge on any atom is -0.497 e. The van der Waals surface area contributed by atoms with Crippen molar-refractivity contribution in [3.05, 3.63) is 54.1 Å². The maximum atomic E-state index is 12.5. The van der Waals surface area contributed by atoms with E-state index in [2.05, 4.69) is 10.0 Å². The largest absolute Gasteiger partial charge is 0.497 e. The number of aliphatic hydroxyl groups is 1. The molecule has 0 aliphatic carbocycles. The zero-order valence-electron chi connectivity index (χ0n) is 17.1. The van der Waals surface area contributed by atoms with Gasteiger partial charge in [-0.25, -0.2) is 13.1 Å². The number of carbonyl (C=O) groups excluding carboxylic acids is 1. The van der Waals surface area contributed by atoms with E-state index in [1.807, 2.05) is 12.1 Å². The maximum absolute atomic E-state index is 12.5. The quantitative estimate of drug-likeness (QED) is 0.578. The lowest BCUT2D eigenvalue weighted by molar-refractivity contribution is -0.118. The molecule has 0 unspecified atom stereocenters. The molecule has 2 rings (SSSR count). The average molecular weight is 421 g/mol. The molecular weight excluding hydrogens is 392 g/mol. The molecule has 2 aromatic carbocycles. The Morgan fingerprint density at radius 1 is 1.10 bits per heavy atom. The molecule has 0 saturated carbocycles. The van der Waals surface area contributed by atoms with Gasteiger partial charge < -0.3 is 15.2 Å². The maximum Gasteiger partial charge on any atom is 0.240 e. The fourth-order valence-electron chi connectivity index (χ4n) is 2.58. The lowest BCUT2D eigenvalue weighted by atomic mass is 9.97. The Morgan fingerprint density at radius 3 is 2.21 bits per heavy atom. The van der Waals surface area contributed by atoms with Gasteiger partial charge in [0.05, 0.1) is 17.6 Å². The predicted octanol–water partition coefficient (Wildman–Crippen LogP) is 2.56. The van der Waals surface area contributed by atoms with Gasteiger partial charge in [-0.3, -0.25) is 4.79 Å². The van der Waals surface area contributed by atoms with E-state index in [0.717, 1.165) is 5.56 Å². The molecule has 0 heterocycles. The summed E-state index contributed by atoms with van der Waals surface area (Å²) in [7, 11) is -2.23. The molecule has 0 spiro atoms. The minimum absolute atomic E-state index is 0.0558. The summed E-state index contributed by atoms with van der Waals surface area (Å²) in [4.78, 5) is 11.8. The SMILES string of the molecule is COc1ccc(C[C@@](C)(O)CNS(=O)(=O)c2ccc(NC(=O)C(C)C)cc2)cc1. The molecule has 0 aromatic heterocycles. The summed E-state index contributed by atoms with van der Waals surface area (Å²) in [5.41, 5.74) is 0.113. The van der Waals surface area contributed by atoms with Gasteiger partial charge in [0.2, 0.25) is 15.9 Å². The highest BCUT2D eigenvalue weighted by Crippen LogP contribution is 2.18. The number of hydrogen-bond acceptors (Lipinski definition) is 5. The Morgan fingerprint density at radius 2 is 1.69 bits per heavy atom. The van der Waals surface area contributed by atoms with Gasteiger partial charge in [0.15, 0.2) is 0 Å². The van der Waals surface area contributed by atoms with Crippen molar-refractivity contribution in [3.63, 3.8) is 0 Å². The van der Waals surface area contributed by atoms with Crippen molar-refractivity contribution in [1.29, 1.82) is 0 Å². The van der Waals surface area contributed by atoms with Crippen LogP contribution in [0.25, 0.3) is 0 Å². The van der Waals surface area contributed by atoms with E-state index < -0.39 is 15.6 Å². The lowest BCUT2D eigenvalue weighted by Crippen LogP contribution is -2.42. The van der Waals surface area contributed by atoms with E-state index in [1.54, 1.807) is 40.0 Å². The number of sulfonamides is 1. The van der Waals surface area contributed by atoms with Gasteiger partial charge in [0, 0.05) is 24.6 Å². The monoisotopic (exact) mass is 420 g/mol.